The minimum atomic E-state index is 0.477. The van der Waals surface area contributed by atoms with Gasteiger partial charge in [0.1, 0.15) is 5.03 Å². The molecule has 5 nitrogen and oxygen atoms in total. The van der Waals surface area contributed by atoms with E-state index in [9.17, 15) is 0 Å². The molecule has 1 aromatic carbocycles. The lowest BCUT2D eigenvalue weighted by Gasteiger charge is -2.05. The number of benzene rings is 1. The van der Waals surface area contributed by atoms with Crippen molar-refractivity contribution in [2.45, 2.75) is 10.8 Å². The van der Waals surface area contributed by atoms with Gasteiger partial charge in [0, 0.05) is 30.5 Å². The summed E-state index contributed by atoms with van der Waals surface area (Å²) in [5.41, 5.74) is 8.02. The standard InChI is InChI=1S/C14H13N5S/c15-13-14(17-8-7-16-13)20-10-11-2-4-12(5-3-11)19-9-1-6-18-19/h1-9H,10H2,(H2,15,16). The van der Waals surface area contributed by atoms with Crippen molar-refractivity contribution in [1.29, 1.82) is 0 Å². The number of nitrogen functional groups attached to an aromatic ring is 1. The molecular weight excluding hydrogens is 270 g/mol. The van der Waals surface area contributed by atoms with E-state index in [1.807, 2.05) is 29.1 Å². The third-order valence-electron chi connectivity index (χ3n) is 2.77. The minimum absolute atomic E-state index is 0.477. The Kier molecular flexibility index (Phi) is 3.64. The lowest BCUT2D eigenvalue weighted by molar-refractivity contribution is 0.880. The Morgan fingerprint density at radius 3 is 2.55 bits per heavy atom. The van der Waals surface area contributed by atoms with Gasteiger partial charge in [-0.05, 0) is 23.8 Å². The van der Waals surface area contributed by atoms with Crippen molar-refractivity contribution in [2.24, 2.45) is 0 Å². The molecule has 2 aromatic heterocycles. The van der Waals surface area contributed by atoms with Crippen LogP contribution in [0.4, 0.5) is 5.82 Å². The average Bonchev–Trinajstić information content (AvgIpc) is 3.01. The Labute approximate surface area is 120 Å². The van der Waals surface area contributed by atoms with Crippen LogP contribution < -0.4 is 5.73 Å². The number of thioether (sulfide) groups is 1. The molecule has 2 N–H and O–H groups in total. The van der Waals surface area contributed by atoms with Crippen LogP contribution in [0.2, 0.25) is 0 Å². The summed E-state index contributed by atoms with van der Waals surface area (Å²) in [6.07, 6.45) is 6.93. The molecule has 0 unspecified atom stereocenters. The van der Waals surface area contributed by atoms with Gasteiger partial charge in [0.2, 0.25) is 0 Å². The number of rotatable bonds is 4. The van der Waals surface area contributed by atoms with Crippen LogP contribution in [0, 0.1) is 0 Å². The Balaban J connectivity index is 1.68. The van der Waals surface area contributed by atoms with E-state index in [0.29, 0.717) is 5.82 Å². The van der Waals surface area contributed by atoms with Gasteiger partial charge < -0.3 is 5.73 Å². The molecular formula is C14H13N5S. The van der Waals surface area contributed by atoms with Crippen molar-refractivity contribution < 1.29 is 0 Å². The second-order valence-corrected chi connectivity index (χ2v) is 5.12. The number of hydrogen-bond acceptors (Lipinski definition) is 5. The lowest BCUT2D eigenvalue weighted by Crippen LogP contribution is -1.96. The first-order chi connectivity index (χ1) is 9.83. The third kappa shape index (κ3) is 2.80. The van der Waals surface area contributed by atoms with Gasteiger partial charge in [-0.3, -0.25) is 0 Å². The van der Waals surface area contributed by atoms with Crippen LogP contribution in [-0.2, 0) is 5.75 Å². The molecule has 0 radical (unpaired) electrons. The van der Waals surface area contributed by atoms with E-state index in [4.69, 9.17) is 5.73 Å². The van der Waals surface area contributed by atoms with Gasteiger partial charge in [-0.25, -0.2) is 14.6 Å². The first kappa shape index (κ1) is 12.7. The second kappa shape index (κ2) is 5.75. The summed E-state index contributed by atoms with van der Waals surface area (Å²) in [5.74, 6) is 1.29. The summed E-state index contributed by atoms with van der Waals surface area (Å²) >= 11 is 1.58. The zero-order chi connectivity index (χ0) is 13.8. The monoisotopic (exact) mass is 283 g/mol. The maximum absolute atomic E-state index is 5.77. The maximum Gasteiger partial charge on any atom is 0.156 e. The van der Waals surface area contributed by atoms with Crippen LogP contribution >= 0.6 is 11.8 Å². The summed E-state index contributed by atoms with van der Waals surface area (Å²) < 4.78 is 1.83. The van der Waals surface area contributed by atoms with E-state index in [2.05, 4.69) is 27.2 Å². The van der Waals surface area contributed by atoms with Crippen molar-refractivity contribution >= 4 is 17.6 Å². The molecule has 0 saturated carbocycles. The highest BCUT2D eigenvalue weighted by Gasteiger charge is 2.03. The summed E-state index contributed by atoms with van der Waals surface area (Å²) in [7, 11) is 0. The van der Waals surface area contributed by atoms with Crippen molar-refractivity contribution in [3.8, 4) is 5.69 Å². The number of aromatic nitrogens is 4. The van der Waals surface area contributed by atoms with Crippen LogP contribution in [0.1, 0.15) is 5.56 Å². The highest BCUT2D eigenvalue weighted by Crippen LogP contribution is 2.24. The summed E-state index contributed by atoms with van der Waals surface area (Å²) in [6.45, 7) is 0. The zero-order valence-corrected chi connectivity index (χ0v) is 11.5. The SMILES string of the molecule is Nc1nccnc1SCc1ccc(-n2cccn2)cc1. The fourth-order valence-electron chi connectivity index (χ4n) is 1.77. The van der Waals surface area contributed by atoms with Crippen LogP contribution in [0.25, 0.3) is 5.69 Å². The highest BCUT2D eigenvalue weighted by atomic mass is 32.2. The van der Waals surface area contributed by atoms with E-state index >= 15 is 0 Å². The van der Waals surface area contributed by atoms with Crippen molar-refractivity contribution in [2.75, 3.05) is 5.73 Å². The van der Waals surface area contributed by atoms with Gasteiger partial charge in [-0.2, -0.15) is 5.10 Å². The molecule has 100 valence electrons. The zero-order valence-electron chi connectivity index (χ0n) is 10.7. The summed E-state index contributed by atoms with van der Waals surface area (Å²) in [6, 6.07) is 10.2. The molecule has 0 aliphatic carbocycles. The van der Waals surface area contributed by atoms with E-state index in [1.165, 1.54) is 5.56 Å². The van der Waals surface area contributed by atoms with Gasteiger partial charge in [0.05, 0.1) is 5.69 Å². The highest BCUT2D eigenvalue weighted by molar-refractivity contribution is 7.98. The molecule has 0 saturated heterocycles. The van der Waals surface area contributed by atoms with Gasteiger partial charge in [0.25, 0.3) is 0 Å². The smallest absolute Gasteiger partial charge is 0.156 e. The molecule has 6 heteroatoms. The number of hydrogen-bond donors (Lipinski definition) is 1. The van der Waals surface area contributed by atoms with E-state index < -0.39 is 0 Å². The van der Waals surface area contributed by atoms with Crippen molar-refractivity contribution in [3.63, 3.8) is 0 Å². The topological polar surface area (TPSA) is 69.6 Å². The predicted molar refractivity (Wildman–Crippen MR) is 79.6 cm³/mol. The second-order valence-electron chi connectivity index (χ2n) is 4.15. The average molecular weight is 283 g/mol. The Morgan fingerprint density at radius 1 is 1.05 bits per heavy atom. The molecule has 3 rings (SSSR count). The minimum Gasteiger partial charge on any atom is -0.381 e. The number of anilines is 1. The maximum atomic E-state index is 5.77. The lowest BCUT2D eigenvalue weighted by atomic mass is 10.2. The van der Waals surface area contributed by atoms with E-state index in [0.717, 1.165) is 16.5 Å². The molecule has 0 aliphatic heterocycles. The van der Waals surface area contributed by atoms with Gasteiger partial charge >= 0.3 is 0 Å². The molecule has 20 heavy (non-hydrogen) atoms. The Hall–Kier alpha value is -2.34. The molecule has 0 aliphatic rings. The first-order valence-corrected chi connectivity index (χ1v) is 7.10. The van der Waals surface area contributed by atoms with Crippen LogP contribution in [-0.4, -0.2) is 19.7 Å². The molecule has 0 spiro atoms. The molecule has 0 atom stereocenters. The molecule has 2 heterocycles. The van der Waals surface area contributed by atoms with Gasteiger partial charge in [-0.15, -0.1) is 0 Å². The van der Waals surface area contributed by atoms with Crippen molar-refractivity contribution in [1.82, 2.24) is 19.7 Å². The summed E-state index contributed by atoms with van der Waals surface area (Å²) in [4.78, 5) is 8.24. The van der Waals surface area contributed by atoms with Crippen LogP contribution in [0.5, 0.6) is 0 Å². The van der Waals surface area contributed by atoms with Crippen LogP contribution in [0.15, 0.2) is 60.1 Å². The first-order valence-electron chi connectivity index (χ1n) is 6.11. The normalized spacial score (nSPS) is 10.6. The van der Waals surface area contributed by atoms with Gasteiger partial charge in [-0.1, -0.05) is 23.9 Å². The fourth-order valence-corrected chi connectivity index (χ4v) is 2.60. The number of nitrogens with zero attached hydrogens (tertiary/aromatic N) is 4. The van der Waals surface area contributed by atoms with Crippen molar-refractivity contribution in [3.05, 3.63) is 60.7 Å². The van der Waals surface area contributed by atoms with Crippen LogP contribution in [0.3, 0.4) is 0 Å². The summed E-state index contributed by atoms with van der Waals surface area (Å²) in [5, 5.41) is 4.97. The molecule has 0 amide bonds. The molecule has 3 aromatic rings. The largest absolute Gasteiger partial charge is 0.381 e. The fraction of sp³-hybridized carbons (Fsp3) is 0.0714. The number of nitrogens with two attached hydrogens (primary N) is 1. The Morgan fingerprint density at radius 2 is 1.85 bits per heavy atom. The predicted octanol–water partition coefficient (Wildman–Crippen LogP) is 2.54. The molecule has 0 fully saturated rings. The van der Waals surface area contributed by atoms with E-state index in [-0.39, 0.29) is 0 Å². The quantitative estimate of drug-likeness (QED) is 0.745. The third-order valence-corrected chi connectivity index (χ3v) is 3.84. The van der Waals surface area contributed by atoms with Gasteiger partial charge in [0.15, 0.2) is 5.82 Å². The molecule has 0 bridgehead atoms. The van der Waals surface area contributed by atoms with E-state index in [1.54, 1.807) is 30.4 Å². The Bertz CT molecular complexity index is 679.